The quantitative estimate of drug-likeness (QED) is 0.636. The van der Waals surface area contributed by atoms with Crippen LogP contribution in [0.15, 0.2) is 12.1 Å². The molecule has 1 aliphatic carbocycles. The average molecular weight is 229 g/mol. The van der Waals surface area contributed by atoms with E-state index in [1.165, 1.54) is 0 Å². The fourth-order valence-corrected chi connectivity index (χ4v) is 1.81. The zero-order valence-corrected chi connectivity index (χ0v) is 8.24. The summed E-state index contributed by atoms with van der Waals surface area (Å²) in [5.41, 5.74) is -2.07. The summed E-state index contributed by atoms with van der Waals surface area (Å²) < 4.78 is 27.2. The van der Waals surface area contributed by atoms with Crippen molar-refractivity contribution < 1.29 is 18.8 Å². The summed E-state index contributed by atoms with van der Waals surface area (Å²) in [6, 6.07) is 1.66. The van der Waals surface area contributed by atoms with Gasteiger partial charge in [-0.1, -0.05) is 0 Å². The first kappa shape index (κ1) is 10.9. The molecule has 0 spiro atoms. The molecular weight excluding hydrogens is 220 g/mol. The lowest BCUT2D eigenvalue weighted by molar-refractivity contribution is -0.387. The van der Waals surface area contributed by atoms with Crippen molar-refractivity contribution in [3.8, 4) is 0 Å². The SMILES string of the molecule is O=[N+]([O-])c1ccc(F)c(C2(CO)CC2)c1F. The Kier molecular flexibility index (Phi) is 2.38. The second-order valence-corrected chi connectivity index (χ2v) is 3.95. The topological polar surface area (TPSA) is 63.4 Å². The molecular formula is C10H9F2NO3. The summed E-state index contributed by atoms with van der Waals surface area (Å²) in [5.74, 6) is -2.01. The van der Waals surface area contributed by atoms with Crippen molar-refractivity contribution in [2.45, 2.75) is 18.3 Å². The van der Waals surface area contributed by atoms with Crippen molar-refractivity contribution in [1.82, 2.24) is 0 Å². The molecule has 86 valence electrons. The molecule has 0 unspecified atom stereocenters. The second-order valence-electron chi connectivity index (χ2n) is 3.95. The van der Waals surface area contributed by atoms with Gasteiger partial charge in [-0.15, -0.1) is 0 Å². The third-order valence-corrected chi connectivity index (χ3v) is 2.95. The van der Waals surface area contributed by atoms with Crippen LogP contribution >= 0.6 is 0 Å². The maximum absolute atomic E-state index is 13.7. The predicted octanol–water partition coefficient (Wildman–Crippen LogP) is 1.90. The Labute approximate surface area is 89.7 Å². The minimum Gasteiger partial charge on any atom is -0.395 e. The lowest BCUT2D eigenvalue weighted by Gasteiger charge is -2.13. The molecule has 0 atom stereocenters. The van der Waals surface area contributed by atoms with E-state index in [1.54, 1.807) is 0 Å². The molecule has 1 aliphatic rings. The van der Waals surface area contributed by atoms with Gasteiger partial charge >= 0.3 is 5.69 Å². The molecule has 1 N–H and O–H groups in total. The van der Waals surface area contributed by atoms with Crippen LogP contribution in [0.1, 0.15) is 18.4 Å². The van der Waals surface area contributed by atoms with E-state index in [4.69, 9.17) is 5.11 Å². The summed E-state index contributed by atoms with van der Waals surface area (Å²) in [6.45, 7) is -0.401. The summed E-state index contributed by atoms with van der Waals surface area (Å²) in [4.78, 5) is 9.60. The molecule has 16 heavy (non-hydrogen) atoms. The zero-order valence-electron chi connectivity index (χ0n) is 8.24. The Hall–Kier alpha value is -1.56. The highest BCUT2D eigenvalue weighted by atomic mass is 19.1. The number of aliphatic hydroxyl groups excluding tert-OH is 1. The van der Waals surface area contributed by atoms with Crippen LogP contribution in [-0.4, -0.2) is 16.6 Å². The van der Waals surface area contributed by atoms with Crippen molar-refractivity contribution in [3.63, 3.8) is 0 Å². The lowest BCUT2D eigenvalue weighted by Crippen LogP contribution is -2.17. The third-order valence-electron chi connectivity index (χ3n) is 2.95. The largest absolute Gasteiger partial charge is 0.395 e. The molecule has 0 bridgehead atoms. The van der Waals surface area contributed by atoms with Gasteiger partial charge in [0.25, 0.3) is 0 Å². The van der Waals surface area contributed by atoms with Crippen molar-refractivity contribution in [3.05, 3.63) is 39.4 Å². The van der Waals surface area contributed by atoms with Crippen LogP contribution in [-0.2, 0) is 5.41 Å². The maximum atomic E-state index is 13.7. The van der Waals surface area contributed by atoms with Crippen molar-refractivity contribution in [2.75, 3.05) is 6.61 Å². The second kappa shape index (κ2) is 3.48. The Morgan fingerprint density at radius 3 is 2.50 bits per heavy atom. The minimum atomic E-state index is -1.17. The van der Waals surface area contributed by atoms with Gasteiger partial charge in [-0.3, -0.25) is 10.1 Å². The van der Waals surface area contributed by atoms with Gasteiger partial charge in [-0.05, 0) is 18.9 Å². The summed E-state index contributed by atoms with van der Waals surface area (Å²) >= 11 is 0. The Bertz CT molecular complexity index is 458. The third kappa shape index (κ3) is 1.46. The zero-order chi connectivity index (χ0) is 11.9. The number of hydrogen-bond acceptors (Lipinski definition) is 3. The highest BCUT2D eigenvalue weighted by molar-refractivity contribution is 5.44. The standard InChI is InChI=1S/C10H9F2NO3/c11-6-1-2-7(13(15)16)9(12)8(6)10(5-14)3-4-10/h1-2,14H,3-5H2. The van der Waals surface area contributed by atoms with Crippen LogP contribution in [0.4, 0.5) is 14.5 Å². The fourth-order valence-electron chi connectivity index (χ4n) is 1.81. The number of hydrogen-bond donors (Lipinski definition) is 1. The Balaban J connectivity index is 2.60. The highest BCUT2D eigenvalue weighted by Crippen LogP contribution is 2.50. The average Bonchev–Trinajstić information content (AvgIpc) is 2.98. The molecule has 0 radical (unpaired) electrons. The molecule has 1 saturated carbocycles. The van der Waals surface area contributed by atoms with Gasteiger partial charge in [0, 0.05) is 17.0 Å². The molecule has 0 heterocycles. The predicted molar refractivity (Wildman–Crippen MR) is 51.0 cm³/mol. The van der Waals surface area contributed by atoms with Crippen LogP contribution in [0.25, 0.3) is 0 Å². The van der Waals surface area contributed by atoms with Gasteiger partial charge in [-0.25, -0.2) is 4.39 Å². The first-order valence-electron chi connectivity index (χ1n) is 4.75. The maximum Gasteiger partial charge on any atom is 0.305 e. The summed E-state index contributed by atoms with van der Waals surface area (Å²) in [6.07, 6.45) is 0.886. The molecule has 6 heteroatoms. The molecule has 0 amide bonds. The summed E-state index contributed by atoms with van der Waals surface area (Å²) in [7, 11) is 0. The number of benzene rings is 1. The number of nitro groups is 1. The van der Waals surface area contributed by atoms with Crippen molar-refractivity contribution >= 4 is 5.69 Å². The number of aliphatic hydroxyl groups is 1. The van der Waals surface area contributed by atoms with E-state index < -0.39 is 34.3 Å². The molecule has 0 aliphatic heterocycles. The monoisotopic (exact) mass is 229 g/mol. The van der Waals surface area contributed by atoms with Gasteiger partial charge in [0.1, 0.15) is 5.82 Å². The van der Waals surface area contributed by atoms with E-state index in [0.29, 0.717) is 12.8 Å². The molecule has 2 rings (SSSR count). The van der Waals surface area contributed by atoms with Crippen LogP contribution in [0.2, 0.25) is 0 Å². The van der Waals surface area contributed by atoms with E-state index in [0.717, 1.165) is 12.1 Å². The number of halogens is 2. The lowest BCUT2D eigenvalue weighted by atomic mass is 9.95. The van der Waals surface area contributed by atoms with Crippen LogP contribution in [0.5, 0.6) is 0 Å². The first-order valence-corrected chi connectivity index (χ1v) is 4.75. The normalized spacial score (nSPS) is 17.2. The Morgan fingerprint density at radius 2 is 2.06 bits per heavy atom. The smallest absolute Gasteiger partial charge is 0.305 e. The molecule has 4 nitrogen and oxygen atoms in total. The van der Waals surface area contributed by atoms with Gasteiger partial charge in [0.2, 0.25) is 5.82 Å². The van der Waals surface area contributed by atoms with Crippen LogP contribution < -0.4 is 0 Å². The van der Waals surface area contributed by atoms with Gasteiger partial charge in [-0.2, -0.15) is 4.39 Å². The first-order chi connectivity index (χ1) is 7.52. The molecule has 1 fully saturated rings. The number of nitro benzene ring substituents is 1. The van der Waals surface area contributed by atoms with E-state index in [1.807, 2.05) is 0 Å². The summed E-state index contributed by atoms with van der Waals surface area (Å²) in [5, 5.41) is 19.6. The van der Waals surface area contributed by atoms with E-state index >= 15 is 0 Å². The van der Waals surface area contributed by atoms with Crippen LogP contribution in [0, 0.1) is 21.7 Å². The number of rotatable bonds is 3. The molecule has 0 saturated heterocycles. The van der Waals surface area contributed by atoms with Crippen molar-refractivity contribution in [1.29, 1.82) is 0 Å². The van der Waals surface area contributed by atoms with E-state index in [9.17, 15) is 18.9 Å². The van der Waals surface area contributed by atoms with E-state index in [-0.39, 0.29) is 5.56 Å². The molecule has 0 aromatic heterocycles. The highest BCUT2D eigenvalue weighted by Gasteiger charge is 2.48. The van der Waals surface area contributed by atoms with Gasteiger partial charge < -0.3 is 5.11 Å². The number of nitrogens with zero attached hydrogens (tertiary/aromatic N) is 1. The van der Waals surface area contributed by atoms with Crippen LogP contribution in [0.3, 0.4) is 0 Å². The molecule has 1 aromatic rings. The van der Waals surface area contributed by atoms with E-state index in [2.05, 4.69) is 0 Å². The fraction of sp³-hybridized carbons (Fsp3) is 0.400. The molecule has 1 aromatic carbocycles. The Morgan fingerprint density at radius 1 is 1.44 bits per heavy atom. The van der Waals surface area contributed by atoms with Gasteiger partial charge in [0.15, 0.2) is 0 Å². The van der Waals surface area contributed by atoms with Crippen molar-refractivity contribution in [2.24, 2.45) is 0 Å². The minimum absolute atomic E-state index is 0.357. The van der Waals surface area contributed by atoms with Gasteiger partial charge in [0.05, 0.1) is 11.5 Å².